The van der Waals surface area contributed by atoms with Crippen LogP contribution in [0.5, 0.6) is 0 Å². The maximum atomic E-state index is 4.41. The number of anilines is 2. The fourth-order valence-electron chi connectivity index (χ4n) is 1.47. The molecule has 0 aliphatic rings. The number of aryl methyl sites for hydroxylation is 1. The fourth-order valence-corrected chi connectivity index (χ4v) is 1.90. The van der Waals surface area contributed by atoms with Crippen LogP contribution in [0.15, 0.2) is 0 Å². The van der Waals surface area contributed by atoms with Gasteiger partial charge in [0.1, 0.15) is 17.5 Å². The van der Waals surface area contributed by atoms with E-state index in [-0.39, 0.29) is 0 Å². The minimum absolute atomic E-state index is 0.794. The topological polar surface area (TPSA) is 49.8 Å². The lowest BCUT2D eigenvalue weighted by Crippen LogP contribution is -2.09. The predicted octanol–water partition coefficient (Wildman–Crippen LogP) is 2.30. The van der Waals surface area contributed by atoms with Crippen LogP contribution in [-0.2, 0) is 0 Å². The van der Waals surface area contributed by atoms with E-state index in [1.807, 2.05) is 32.7 Å². The van der Waals surface area contributed by atoms with Crippen molar-refractivity contribution in [2.24, 2.45) is 0 Å². The van der Waals surface area contributed by atoms with Crippen LogP contribution >= 0.6 is 11.8 Å². The molecule has 1 heterocycles. The van der Waals surface area contributed by atoms with E-state index in [4.69, 9.17) is 0 Å². The normalized spacial score (nSPS) is 10.2. The Balaban J connectivity index is 2.67. The molecule has 0 saturated heterocycles. The zero-order valence-corrected chi connectivity index (χ0v) is 11.2. The highest BCUT2D eigenvalue weighted by molar-refractivity contribution is 7.98. The average molecular weight is 240 g/mol. The van der Waals surface area contributed by atoms with Crippen LogP contribution in [0.2, 0.25) is 0 Å². The Kier molecular flexibility index (Phi) is 5.38. The molecule has 0 amide bonds. The molecule has 0 bridgehead atoms. The van der Waals surface area contributed by atoms with Gasteiger partial charge in [-0.05, 0) is 32.3 Å². The lowest BCUT2D eigenvalue weighted by Gasteiger charge is -2.12. The molecule has 1 aromatic rings. The molecule has 1 aromatic heterocycles. The fraction of sp³-hybridized carbons (Fsp3) is 0.636. The molecule has 0 aliphatic carbocycles. The van der Waals surface area contributed by atoms with Gasteiger partial charge in [0.05, 0.1) is 0 Å². The second kappa shape index (κ2) is 6.58. The van der Waals surface area contributed by atoms with E-state index >= 15 is 0 Å². The monoisotopic (exact) mass is 240 g/mol. The molecule has 5 heteroatoms. The lowest BCUT2D eigenvalue weighted by atomic mass is 10.3. The molecule has 4 nitrogen and oxygen atoms in total. The van der Waals surface area contributed by atoms with Crippen LogP contribution in [0.25, 0.3) is 0 Å². The SMILES string of the molecule is CNc1nc(C)nc(NCCCSC)c1C. The third-order valence-electron chi connectivity index (χ3n) is 2.31. The Hall–Kier alpha value is -0.970. The van der Waals surface area contributed by atoms with Crippen molar-refractivity contribution in [2.45, 2.75) is 20.3 Å². The summed E-state index contributed by atoms with van der Waals surface area (Å²) in [5.74, 6) is 3.81. The van der Waals surface area contributed by atoms with Gasteiger partial charge in [-0.1, -0.05) is 0 Å². The summed E-state index contributed by atoms with van der Waals surface area (Å²) in [6, 6.07) is 0. The minimum Gasteiger partial charge on any atom is -0.373 e. The van der Waals surface area contributed by atoms with Crippen molar-refractivity contribution in [3.05, 3.63) is 11.4 Å². The van der Waals surface area contributed by atoms with Crippen LogP contribution in [-0.4, -0.2) is 35.6 Å². The van der Waals surface area contributed by atoms with Crippen molar-refractivity contribution in [2.75, 3.05) is 36.2 Å². The Bertz CT molecular complexity index is 341. The first-order valence-electron chi connectivity index (χ1n) is 5.44. The Morgan fingerprint density at radius 1 is 1.19 bits per heavy atom. The number of aromatic nitrogens is 2. The first-order chi connectivity index (χ1) is 7.69. The van der Waals surface area contributed by atoms with Gasteiger partial charge in [-0.25, -0.2) is 9.97 Å². The summed E-state index contributed by atoms with van der Waals surface area (Å²) < 4.78 is 0. The quantitative estimate of drug-likeness (QED) is 0.747. The molecular weight excluding hydrogens is 220 g/mol. The second-order valence-electron chi connectivity index (χ2n) is 3.62. The predicted molar refractivity (Wildman–Crippen MR) is 72.5 cm³/mol. The Morgan fingerprint density at radius 3 is 2.50 bits per heavy atom. The minimum atomic E-state index is 0.794. The molecular formula is C11H20N4S. The van der Waals surface area contributed by atoms with Gasteiger partial charge in [0, 0.05) is 19.2 Å². The maximum absolute atomic E-state index is 4.41. The van der Waals surface area contributed by atoms with E-state index in [1.54, 1.807) is 0 Å². The molecule has 0 radical (unpaired) electrons. The second-order valence-corrected chi connectivity index (χ2v) is 4.60. The highest BCUT2D eigenvalue weighted by atomic mass is 32.2. The molecule has 90 valence electrons. The molecule has 0 saturated carbocycles. The molecule has 0 aromatic carbocycles. The standard InChI is InChI=1S/C11H20N4S/c1-8-10(12-3)14-9(2)15-11(8)13-6-5-7-16-4/h5-7H2,1-4H3,(H2,12,13,14,15). The molecule has 0 aliphatic heterocycles. The molecule has 0 atom stereocenters. The number of hydrogen-bond acceptors (Lipinski definition) is 5. The van der Waals surface area contributed by atoms with Gasteiger partial charge in [0.25, 0.3) is 0 Å². The van der Waals surface area contributed by atoms with Gasteiger partial charge in [0.15, 0.2) is 0 Å². The number of rotatable bonds is 6. The number of nitrogens with one attached hydrogen (secondary N) is 2. The van der Waals surface area contributed by atoms with Crippen LogP contribution in [0.3, 0.4) is 0 Å². The molecule has 16 heavy (non-hydrogen) atoms. The van der Waals surface area contributed by atoms with Crippen molar-refractivity contribution >= 4 is 23.4 Å². The summed E-state index contributed by atoms with van der Waals surface area (Å²) in [7, 11) is 1.88. The van der Waals surface area contributed by atoms with E-state index in [0.29, 0.717) is 0 Å². The first kappa shape index (κ1) is 13.1. The summed E-state index contributed by atoms with van der Waals surface area (Å²) >= 11 is 1.87. The molecule has 0 spiro atoms. The summed E-state index contributed by atoms with van der Waals surface area (Å²) in [5.41, 5.74) is 1.08. The lowest BCUT2D eigenvalue weighted by molar-refractivity contribution is 0.955. The van der Waals surface area contributed by atoms with E-state index in [0.717, 1.165) is 36.0 Å². The third-order valence-corrected chi connectivity index (χ3v) is 3.01. The van der Waals surface area contributed by atoms with E-state index in [1.165, 1.54) is 5.75 Å². The summed E-state index contributed by atoms with van der Waals surface area (Å²) in [4.78, 5) is 8.74. The van der Waals surface area contributed by atoms with E-state index < -0.39 is 0 Å². The summed E-state index contributed by atoms with van der Waals surface area (Å²) in [5, 5.41) is 6.44. The van der Waals surface area contributed by atoms with Crippen LogP contribution in [0.1, 0.15) is 17.8 Å². The Labute approximate surface area is 102 Å². The summed E-state index contributed by atoms with van der Waals surface area (Å²) in [6.07, 6.45) is 3.28. The number of thioether (sulfide) groups is 1. The summed E-state index contributed by atoms with van der Waals surface area (Å²) in [6.45, 7) is 4.90. The van der Waals surface area contributed by atoms with E-state index in [9.17, 15) is 0 Å². The molecule has 0 unspecified atom stereocenters. The van der Waals surface area contributed by atoms with Crippen LogP contribution < -0.4 is 10.6 Å². The van der Waals surface area contributed by atoms with Gasteiger partial charge >= 0.3 is 0 Å². The molecule has 1 rings (SSSR count). The van der Waals surface area contributed by atoms with Crippen molar-refractivity contribution in [3.8, 4) is 0 Å². The van der Waals surface area contributed by atoms with Gasteiger partial charge in [-0.3, -0.25) is 0 Å². The molecule has 2 N–H and O–H groups in total. The van der Waals surface area contributed by atoms with Gasteiger partial charge in [-0.2, -0.15) is 11.8 Å². The largest absolute Gasteiger partial charge is 0.373 e. The van der Waals surface area contributed by atoms with Crippen LogP contribution in [0, 0.1) is 13.8 Å². The average Bonchev–Trinajstić information content (AvgIpc) is 2.28. The number of hydrogen-bond donors (Lipinski definition) is 2. The first-order valence-corrected chi connectivity index (χ1v) is 6.84. The number of nitrogens with zero attached hydrogens (tertiary/aromatic N) is 2. The molecule has 0 fully saturated rings. The van der Waals surface area contributed by atoms with Crippen molar-refractivity contribution in [1.82, 2.24) is 9.97 Å². The van der Waals surface area contributed by atoms with Crippen LogP contribution in [0.4, 0.5) is 11.6 Å². The highest BCUT2D eigenvalue weighted by Crippen LogP contribution is 2.19. The smallest absolute Gasteiger partial charge is 0.134 e. The van der Waals surface area contributed by atoms with Crippen molar-refractivity contribution in [1.29, 1.82) is 0 Å². The third kappa shape index (κ3) is 3.56. The highest BCUT2D eigenvalue weighted by Gasteiger charge is 2.06. The Morgan fingerprint density at radius 2 is 1.88 bits per heavy atom. The van der Waals surface area contributed by atoms with Gasteiger partial charge < -0.3 is 10.6 Å². The van der Waals surface area contributed by atoms with Crippen molar-refractivity contribution < 1.29 is 0 Å². The van der Waals surface area contributed by atoms with Gasteiger partial charge in [0.2, 0.25) is 0 Å². The zero-order chi connectivity index (χ0) is 12.0. The zero-order valence-electron chi connectivity index (χ0n) is 10.4. The maximum Gasteiger partial charge on any atom is 0.134 e. The van der Waals surface area contributed by atoms with Crippen molar-refractivity contribution in [3.63, 3.8) is 0 Å². The van der Waals surface area contributed by atoms with E-state index in [2.05, 4.69) is 26.9 Å². The van der Waals surface area contributed by atoms with Gasteiger partial charge in [-0.15, -0.1) is 0 Å².